The summed E-state index contributed by atoms with van der Waals surface area (Å²) in [5.41, 5.74) is 1.06. The van der Waals surface area contributed by atoms with Crippen LogP contribution in [0.25, 0.3) is 0 Å². The van der Waals surface area contributed by atoms with Crippen LogP contribution in [0.3, 0.4) is 0 Å². The molecule has 0 saturated carbocycles. The molecule has 2 atom stereocenters. The SMILES string of the molecule is CC(NC(C)c1ccc(C(=O)O)o1)c1cccc(Cl)c1. The van der Waals surface area contributed by atoms with Crippen molar-refractivity contribution in [2.75, 3.05) is 0 Å². The van der Waals surface area contributed by atoms with Crippen LogP contribution in [0, 0.1) is 0 Å². The Labute approximate surface area is 122 Å². The molecule has 0 aliphatic carbocycles. The molecule has 0 aliphatic rings. The first-order valence-electron chi connectivity index (χ1n) is 6.32. The number of rotatable bonds is 5. The summed E-state index contributed by atoms with van der Waals surface area (Å²) in [5, 5.41) is 12.9. The zero-order valence-electron chi connectivity index (χ0n) is 11.3. The van der Waals surface area contributed by atoms with Gasteiger partial charge in [-0.1, -0.05) is 23.7 Å². The van der Waals surface area contributed by atoms with Crippen LogP contribution in [0.15, 0.2) is 40.8 Å². The summed E-state index contributed by atoms with van der Waals surface area (Å²) in [6.45, 7) is 3.94. The largest absolute Gasteiger partial charge is 0.475 e. The number of furan rings is 1. The lowest BCUT2D eigenvalue weighted by atomic mass is 10.1. The minimum atomic E-state index is -1.06. The van der Waals surface area contributed by atoms with Crippen molar-refractivity contribution in [1.82, 2.24) is 5.32 Å². The summed E-state index contributed by atoms with van der Waals surface area (Å²) in [6, 6.07) is 10.7. The van der Waals surface area contributed by atoms with Crippen molar-refractivity contribution in [2.45, 2.75) is 25.9 Å². The molecule has 4 nitrogen and oxygen atoms in total. The van der Waals surface area contributed by atoms with Crippen molar-refractivity contribution < 1.29 is 14.3 Å². The number of hydrogen-bond donors (Lipinski definition) is 2. The van der Waals surface area contributed by atoms with Gasteiger partial charge in [0.2, 0.25) is 5.76 Å². The third-order valence-electron chi connectivity index (χ3n) is 3.11. The van der Waals surface area contributed by atoms with Crippen molar-refractivity contribution in [2.24, 2.45) is 0 Å². The molecule has 1 aromatic carbocycles. The molecule has 2 N–H and O–H groups in total. The lowest BCUT2D eigenvalue weighted by Gasteiger charge is -2.19. The second kappa shape index (κ2) is 6.11. The molecule has 0 saturated heterocycles. The van der Waals surface area contributed by atoms with Gasteiger partial charge in [0.1, 0.15) is 5.76 Å². The van der Waals surface area contributed by atoms with Gasteiger partial charge in [-0.25, -0.2) is 4.79 Å². The molecule has 0 spiro atoms. The van der Waals surface area contributed by atoms with Crippen molar-refractivity contribution in [1.29, 1.82) is 0 Å². The van der Waals surface area contributed by atoms with Gasteiger partial charge in [0.25, 0.3) is 0 Å². The minimum absolute atomic E-state index is 0.0518. The highest BCUT2D eigenvalue weighted by Crippen LogP contribution is 2.22. The number of nitrogens with one attached hydrogen (secondary N) is 1. The third-order valence-corrected chi connectivity index (χ3v) is 3.35. The Morgan fingerprint density at radius 1 is 1.25 bits per heavy atom. The zero-order valence-corrected chi connectivity index (χ0v) is 12.0. The van der Waals surface area contributed by atoms with E-state index >= 15 is 0 Å². The summed E-state index contributed by atoms with van der Waals surface area (Å²) in [6.07, 6.45) is 0. The number of halogens is 1. The van der Waals surface area contributed by atoms with Crippen LogP contribution in [-0.2, 0) is 0 Å². The van der Waals surface area contributed by atoms with Crippen LogP contribution >= 0.6 is 11.6 Å². The van der Waals surface area contributed by atoms with Gasteiger partial charge in [-0.2, -0.15) is 0 Å². The van der Waals surface area contributed by atoms with Crippen molar-refractivity contribution in [3.63, 3.8) is 0 Å². The maximum absolute atomic E-state index is 10.8. The topological polar surface area (TPSA) is 62.5 Å². The van der Waals surface area contributed by atoms with Gasteiger partial charge in [0, 0.05) is 11.1 Å². The van der Waals surface area contributed by atoms with E-state index in [0.29, 0.717) is 10.8 Å². The molecule has 1 heterocycles. The van der Waals surface area contributed by atoms with Crippen LogP contribution < -0.4 is 5.32 Å². The predicted molar refractivity (Wildman–Crippen MR) is 77.1 cm³/mol. The van der Waals surface area contributed by atoms with E-state index in [0.717, 1.165) is 5.56 Å². The van der Waals surface area contributed by atoms with Gasteiger partial charge in [-0.15, -0.1) is 0 Å². The number of carboxylic acid groups (broad SMARTS) is 1. The highest BCUT2D eigenvalue weighted by atomic mass is 35.5. The molecule has 1 aromatic heterocycles. The van der Waals surface area contributed by atoms with Crippen molar-refractivity contribution in [3.8, 4) is 0 Å². The van der Waals surface area contributed by atoms with E-state index in [-0.39, 0.29) is 17.8 Å². The highest BCUT2D eigenvalue weighted by molar-refractivity contribution is 6.30. The second-order valence-electron chi connectivity index (χ2n) is 4.67. The molecule has 0 bridgehead atoms. The Balaban J connectivity index is 2.06. The first kappa shape index (κ1) is 14.6. The molecule has 0 radical (unpaired) electrons. The van der Waals surface area contributed by atoms with Gasteiger partial charge < -0.3 is 14.8 Å². The van der Waals surface area contributed by atoms with Gasteiger partial charge in [0.05, 0.1) is 6.04 Å². The Hall–Kier alpha value is -1.78. The molecule has 2 unspecified atom stereocenters. The lowest BCUT2D eigenvalue weighted by Crippen LogP contribution is -2.22. The molecule has 0 fully saturated rings. The Bertz CT molecular complexity index is 609. The zero-order chi connectivity index (χ0) is 14.7. The molecular weight excluding hydrogens is 278 g/mol. The van der Waals surface area contributed by atoms with Crippen LogP contribution in [0.5, 0.6) is 0 Å². The molecule has 5 heteroatoms. The highest BCUT2D eigenvalue weighted by Gasteiger charge is 2.16. The van der Waals surface area contributed by atoms with Gasteiger partial charge in [-0.05, 0) is 43.7 Å². The fourth-order valence-corrected chi connectivity index (χ4v) is 2.23. The van der Waals surface area contributed by atoms with Gasteiger partial charge in [0.15, 0.2) is 0 Å². The number of aromatic carboxylic acids is 1. The first-order valence-corrected chi connectivity index (χ1v) is 6.69. The second-order valence-corrected chi connectivity index (χ2v) is 5.11. The average Bonchev–Trinajstić information content (AvgIpc) is 2.88. The normalized spacial score (nSPS) is 13.9. The number of benzene rings is 1. The monoisotopic (exact) mass is 293 g/mol. The molecule has 20 heavy (non-hydrogen) atoms. The number of carboxylic acids is 1. The van der Waals surface area contributed by atoms with E-state index < -0.39 is 5.97 Å². The van der Waals surface area contributed by atoms with E-state index in [1.165, 1.54) is 6.07 Å². The smallest absolute Gasteiger partial charge is 0.371 e. The lowest BCUT2D eigenvalue weighted by molar-refractivity contribution is 0.0659. The molecule has 2 aromatic rings. The predicted octanol–water partition coefficient (Wildman–Crippen LogP) is 4.04. The maximum Gasteiger partial charge on any atom is 0.371 e. The van der Waals surface area contributed by atoms with Gasteiger partial charge in [-0.3, -0.25) is 0 Å². The molecule has 0 amide bonds. The maximum atomic E-state index is 10.8. The Kier molecular flexibility index (Phi) is 4.47. The fraction of sp³-hybridized carbons (Fsp3) is 0.267. The summed E-state index contributed by atoms with van der Waals surface area (Å²) in [5.74, 6) is -0.522. The summed E-state index contributed by atoms with van der Waals surface area (Å²) in [7, 11) is 0. The number of hydrogen-bond acceptors (Lipinski definition) is 3. The Morgan fingerprint density at radius 2 is 2.00 bits per heavy atom. The van der Waals surface area contributed by atoms with E-state index in [4.69, 9.17) is 21.1 Å². The van der Waals surface area contributed by atoms with Crippen molar-refractivity contribution >= 4 is 17.6 Å². The van der Waals surface area contributed by atoms with Crippen LogP contribution in [-0.4, -0.2) is 11.1 Å². The van der Waals surface area contributed by atoms with Gasteiger partial charge >= 0.3 is 5.97 Å². The molecule has 106 valence electrons. The molecular formula is C15H16ClNO3. The van der Waals surface area contributed by atoms with E-state index in [9.17, 15) is 4.79 Å². The summed E-state index contributed by atoms with van der Waals surface area (Å²) < 4.78 is 5.28. The molecule has 0 aliphatic heterocycles. The van der Waals surface area contributed by atoms with Crippen LogP contribution in [0.2, 0.25) is 5.02 Å². The number of carbonyl (C=O) groups is 1. The van der Waals surface area contributed by atoms with Crippen molar-refractivity contribution in [3.05, 3.63) is 58.5 Å². The quantitative estimate of drug-likeness (QED) is 0.873. The summed E-state index contributed by atoms with van der Waals surface area (Å²) >= 11 is 5.97. The summed E-state index contributed by atoms with van der Waals surface area (Å²) in [4.78, 5) is 10.8. The van der Waals surface area contributed by atoms with Crippen LogP contribution in [0.4, 0.5) is 0 Å². The van der Waals surface area contributed by atoms with E-state index in [2.05, 4.69) is 5.32 Å². The van der Waals surface area contributed by atoms with E-state index in [1.807, 2.05) is 38.1 Å². The Morgan fingerprint density at radius 3 is 2.60 bits per heavy atom. The van der Waals surface area contributed by atoms with E-state index in [1.54, 1.807) is 6.07 Å². The minimum Gasteiger partial charge on any atom is -0.475 e. The standard InChI is InChI=1S/C15H16ClNO3/c1-9(11-4-3-5-12(16)8-11)17-10(2)13-6-7-14(20-13)15(18)19/h3-10,17H,1-2H3,(H,18,19). The molecule has 2 rings (SSSR count). The fourth-order valence-electron chi connectivity index (χ4n) is 2.03. The van der Waals surface area contributed by atoms with Crippen LogP contribution in [0.1, 0.15) is 47.8 Å². The first-order chi connectivity index (χ1) is 9.47. The third kappa shape index (κ3) is 3.40. The average molecular weight is 294 g/mol.